The first-order chi connectivity index (χ1) is 9.31. The molecule has 0 aliphatic carbocycles. The molecule has 19 heavy (non-hydrogen) atoms. The molecule has 0 saturated heterocycles. The molecule has 1 N–H and O–H groups in total. The molecule has 96 valence electrons. The summed E-state index contributed by atoms with van der Waals surface area (Å²) >= 11 is 0. The van der Waals surface area contributed by atoms with Gasteiger partial charge in [-0.15, -0.1) is 0 Å². The molecule has 0 amide bonds. The van der Waals surface area contributed by atoms with Gasteiger partial charge in [-0.05, 0) is 36.6 Å². The fourth-order valence-electron chi connectivity index (χ4n) is 1.94. The molecule has 0 radical (unpaired) electrons. The van der Waals surface area contributed by atoms with Gasteiger partial charge < -0.3 is 5.11 Å². The second kappa shape index (κ2) is 6.66. The number of unbranched alkanes of at least 4 members (excludes halogenated alkanes) is 1. The van der Waals surface area contributed by atoms with Crippen LogP contribution in [0, 0.1) is 11.8 Å². The van der Waals surface area contributed by atoms with Crippen LogP contribution >= 0.6 is 0 Å². The standard InChI is InChI=1S/C18H18O/c1-2-3-8-15-9-4-5-10-16(15)13-14-17-11-6-7-12-18(17)19/h4-7,9-12,19H,2-3,8H2,1H3. The molecule has 2 aromatic rings. The van der Waals surface area contributed by atoms with Crippen LogP contribution in [-0.4, -0.2) is 5.11 Å². The van der Waals surface area contributed by atoms with Crippen molar-refractivity contribution in [1.29, 1.82) is 0 Å². The zero-order valence-electron chi connectivity index (χ0n) is 11.2. The third-order valence-corrected chi connectivity index (χ3v) is 3.05. The van der Waals surface area contributed by atoms with E-state index in [1.54, 1.807) is 12.1 Å². The molecule has 1 heteroatoms. The summed E-state index contributed by atoms with van der Waals surface area (Å²) in [6.07, 6.45) is 3.42. The van der Waals surface area contributed by atoms with E-state index in [1.165, 1.54) is 18.4 Å². The topological polar surface area (TPSA) is 20.2 Å². The number of rotatable bonds is 3. The molecule has 2 rings (SSSR count). The van der Waals surface area contributed by atoms with Gasteiger partial charge in [-0.1, -0.05) is 55.5 Å². The largest absolute Gasteiger partial charge is 0.507 e. The lowest BCUT2D eigenvalue weighted by Gasteiger charge is -2.02. The highest BCUT2D eigenvalue weighted by Gasteiger charge is 1.99. The van der Waals surface area contributed by atoms with Crippen LogP contribution in [0.25, 0.3) is 0 Å². The highest BCUT2D eigenvalue weighted by atomic mass is 16.3. The minimum Gasteiger partial charge on any atom is -0.507 e. The Kier molecular flexibility index (Phi) is 4.64. The number of aryl methyl sites for hydroxylation is 1. The smallest absolute Gasteiger partial charge is 0.131 e. The van der Waals surface area contributed by atoms with Crippen molar-refractivity contribution in [2.45, 2.75) is 26.2 Å². The predicted molar refractivity (Wildman–Crippen MR) is 79.1 cm³/mol. The zero-order valence-corrected chi connectivity index (χ0v) is 11.2. The monoisotopic (exact) mass is 250 g/mol. The van der Waals surface area contributed by atoms with E-state index in [1.807, 2.05) is 24.3 Å². The van der Waals surface area contributed by atoms with Crippen molar-refractivity contribution in [1.82, 2.24) is 0 Å². The van der Waals surface area contributed by atoms with E-state index < -0.39 is 0 Å². The fourth-order valence-corrected chi connectivity index (χ4v) is 1.94. The molecule has 2 aromatic carbocycles. The van der Waals surface area contributed by atoms with Gasteiger partial charge in [0.2, 0.25) is 0 Å². The lowest BCUT2D eigenvalue weighted by atomic mass is 10.0. The SMILES string of the molecule is CCCCc1ccccc1C#Cc1ccccc1O. The van der Waals surface area contributed by atoms with E-state index >= 15 is 0 Å². The van der Waals surface area contributed by atoms with E-state index in [2.05, 4.69) is 30.9 Å². The normalized spacial score (nSPS) is 9.74. The molecule has 0 aliphatic rings. The molecule has 1 nitrogen and oxygen atoms in total. The molecule has 0 fully saturated rings. The number of benzene rings is 2. The molecule has 0 aromatic heterocycles. The van der Waals surface area contributed by atoms with Crippen molar-refractivity contribution in [3.63, 3.8) is 0 Å². The van der Waals surface area contributed by atoms with Gasteiger partial charge in [0.05, 0.1) is 5.56 Å². The number of phenols is 1. The fraction of sp³-hybridized carbons (Fsp3) is 0.222. The quantitative estimate of drug-likeness (QED) is 0.812. The molecular weight excluding hydrogens is 232 g/mol. The van der Waals surface area contributed by atoms with Crippen LogP contribution in [0.5, 0.6) is 5.75 Å². The minimum atomic E-state index is 0.237. The van der Waals surface area contributed by atoms with Gasteiger partial charge >= 0.3 is 0 Å². The molecule has 0 saturated carbocycles. The highest BCUT2D eigenvalue weighted by Crippen LogP contribution is 2.15. The first kappa shape index (κ1) is 13.2. The van der Waals surface area contributed by atoms with Crippen molar-refractivity contribution in [3.8, 4) is 17.6 Å². The van der Waals surface area contributed by atoms with Crippen molar-refractivity contribution in [2.75, 3.05) is 0 Å². The Morgan fingerprint density at radius 2 is 1.53 bits per heavy atom. The maximum Gasteiger partial charge on any atom is 0.131 e. The number of hydrogen-bond donors (Lipinski definition) is 1. The second-order valence-electron chi connectivity index (χ2n) is 4.53. The Labute approximate surface area is 114 Å². The van der Waals surface area contributed by atoms with Crippen LogP contribution < -0.4 is 0 Å². The van der Waals surface area contributed by atoms with Crippen molar-refractivity contribution >= 4 is 0 Å². The summed E-state index contributed by atoms with van der Waals surface area (Å²) in [7, 11) is 0. The Bertz CT molecular complexity index is 602. The molecule has 0 spiro atoms. The minimum absolute atomic E-state index is 0.237. The molecule has 0 heterocycles. The van der Waals surface area contributed by atoms with Crippen LogP contribution in [0.2, 0.25) is 0 Å². The first-order valence-electron chi connectivity index (χ1n) is 6.69. The average Bonchev–Trinajstić information content (AvgIpc) is 2.45. The van der Waals surface area contributed by atoms with Gasteiger partial charge in [-0.3, -0.25) is 0 Å². The molecule has 0 unspecified atom stereocenters. The number of phenolic OH excluding ortho intramolecular Hbond substituents is 1. The van der Waals surface area contributed by atoms with Crippen molar-refractivity contribution in [2.24, 2.45) is 0 Å². The van der Waals surface area contributed by atoms with Gasteiger partial charge in [0.25, 0.3) is 0 Å². The van der Waals surface area contributed by atoms with E-state index in [0.717, 1.165) is 12.0 Å². The lowest BCUT2D eigenvalue weighted by molar-refractivity contribution is 0.473. The van der Waals surface area contributed by atoms with Gasteiger partial charge in [0.15, 0.2) is 0 Å². The lowest BCUT2D eigenvalue weighted by Crippen LogP contribution is -1.89. The molecule has 0 aliphatic heterocycles. The van der Waals surface area contributed by atoms with Crippen molar-refractivity contribution < 1.29 is 5.11 Å². The van der Waals surface area contributed by atoms with E-state index in [-0.39, 0.29) is 5.75 Å². The summed E-state index contributed by atoms with van der Waals surface area (Å²) < 4.78 is 0. The van der Waals surface area contributed by atoms with Crippen LogP contribution in [-0.2, 0) is 6.42 Å². The number of aromatic hydroxyl groups is 1. The summed E-state index contributed by atoms with van der Waals surface area (Å²) in [4.78, 5) is 0. The summed E-state index contributed by atoms with van der Waals surface area (Å²) in [6, 6.07) is 15.4. The zero-order chi connectivity index (χ0) is 13.5. The number of hydrogen-bond acceptors (Lipinski definition) is 1. The van der Waals surface area contributed by atoms with E-state index in [0.29, 0.717) is 5.56 Å². The van der Waals surface area contributed by atoms with Crippen LogP contribution in [0.4, 0.5) is 0 Å². The average molecular weight is 250 g/mol. The van der Waals surface area contributed by atoms with Gasteiger partial charge in [0, 0.05) is 5.56 Å². The van der Waals surface area contributed by atoms with Crippen LogP contribution in [0.3, 0.4) is 0 Å². The van der Waals surface area contributed by atoms with Crippen molar-refractivity contribution in [3.05, 3.63) is 65.2 Å². The third kappa shape index (κ3) is 3.63. The Balaban J connectivity index is 2.27. The summed E-state index contributed by atoms with van der Waals surface area (Å²) in [5.41, 5.74) is 3.01. The Hall–Kier alpha value is -2.20. The van der Waals surface area contributed by atoms with Gasteiger partial charge in [-0.25, -0.2) is 0 Å². The molecule has 0 bridgehead atoms. The maximum atomic E-state index is 9.70. The third-order valence-electron chi connectivity index (χ3n) is 3.05. The summed E-state index contributed by atoms with van der Waals surface area (Å²) in [5.74, 6) is 6.45. The van der Waals surface area contributed by atoms with Crippen LogP contribution in [0.15, 0.2) is 48.5 Å². The van der Waals surface area contributed by atoms with E-state index in [9.17, 15) is 5.11 Å². The Morgan fingerprint density at radius 1 is 0.895 bits per heavy atom. The van der Waals surface area contributed by atoms with E-state index in [4.69, 9.17) is 0 Å². The maximum absolute atomic E-state index is 9.70. The predicted octanol–water partition coefficient (Wildman–Crippen LogP) is 4.13. The molecule has 0 atom stereocenters. The Morgan fingerprint density at radius 3 is 2.26 bits per heavy atom. The van der Waals surface area contributed by atoms with Crippen LogP contribution in [0.1, 0.15) is 36.5 Å². The first-order valence-corrected chi connectivity index (χ1v) is 6.69. The number of para-hydroxylation sites is 1. The second-order valence-corrected chi connectivity index (χ2v) is 4.53. The highest BCUT2D eigenvalue weighted by molar-refractivity contribution is 5.50. The van der Waals surface area contributed by atoms with Gasteiger partial charge in [0.1, 0.15) is 5.75 Å². The molecular formula is C18H18O. The summed E-state index contributed by atoms with van der Waals surface area (Å²) in [5, 5.41) is 9.70. The summed E-state index contributed by atoms with van der Waals surface area (Å²) in [6.45, 7) is 2.19. The van der Waals surface area contributed by atoms with Gasteiger partial charge in [-0.2, -0.15) is 0 Å².